The number of piperazine rings is 1. The number of urea groups is 1. The highest BCUT2D eigenvalue weighted by molar-refractivity contribution is 5.79. The first-order chi connectivity index (χ1) is 10.8. The van der Waals surface area contributed by atoms with Gasteiger partial charge in [0.1, 0.15) is 5.82 Å². The molecule has 1 aromatic carbocycles. The minimum Gasteiger partial charge on any atom is -0.339 e. The van der Waals surface area contributed by atoms with Gasteiger partial charge in [-0.25, -0.2) is 18.0 Å². The summed E-state index contributed by atoms with van der Waals surface area (Å²) in [6.45, 7) is 1.40. The molecule has 0 unspecified atom stereocenters. The van der Waals surface area contributed by atoms with Crippen LogP contribution in [0.1, 0.15) is 5.56 Å². The van der Waals surface area contributed by atoms with Crippen LogP contribution >= 0.6 is 0 Å². The Morgan fingerprint density at radius 2 is 1.48 bits per heavy atom. The van der Waals surface area contributed by atoms with Crippen LogP contribution in [-0.4, -0.2) is 66.9 Å². The van der Waals surface area contributed by atoms with Crippen molar-refractivity contribution in [3.63, 3.8) is 0 Å². The van der Waals surface area contributed by atoms with E-state index in [-0.39, 0.29) is 23.9 Å². The van der Waals surface area contributed by atoms with Gasteiger partial charge in [-0.15, -0.1) is 0 Å². The smallest absolute Gasteiger partial charge is 0.319 e. The summed E-state index contributed by atoms with van der Waals surface area (Å²) in [7, 11) is 3.29. The van der Waals surface area contributed by atoms with Crippen LogP contribution in [0.3, 0.4) is 0 Å². The van der Waals surface area contributed by atoms with Crippen LogP contribution in [0, 0.1) is 17.5 Å². The molecule has 0 radical (unpaired) electrons. The summed E-state index contributed by atoms with van der Waals surface area (Å²) in [4.78, 5) is 28.5. The zero-order valence-corrected chi connectivity index (χ0v) is 13.0. The van der Waals surface area contributed by atoms with Crippen molar-refractivity contribution >= 4 is 11.9 Å². The maximum atomic E-state index is 13.6. The lowest BCUT2D eigenvalue weighted by Crippen LogP contribution is -2.53. The third-order valence-corrected chi connectivity index (χ3v) is 3.72. The number of nitrogens with zero attached hydrogens (tertiary/aromatic N) is 3. The van der Waals surface area contributed by atoms with Gasteiger partial charge in [0.05, 0.1) is 6.42 Å². The van der Waals surface area contributed by atoms with Gasteiger partial charge in [0.2, 0.25) is 5.91 Å². The van der Waals surface area contributed by atoms with Crippen molar-refractivity contribution in [2.45, 2.75) is 6.42 Å². The monoisotopic (exact) mass is 329 g/mol. The van der Waals surface area contributed by atoms with Gasteiger partial charge in [-0.3, -0.25) is 4.79 Å². The summed E-state index contributed by atoms with van der Waals surface area (Å²) in [5, 5.41) is 0. The highest BCUT2D eigenvalue weighted by atomic mass is 19.2. The topological polar surface area (TPSA) is 43.9 Å². The lowest BCUT2D eigenvalue weighted by atomic mass is 10.1. The van der Waals surface area contributed by atoms with Crippen LogP contribution in [0.2, 0.25) is 0 Å². The van der Waals surface area contributed by atoms with Gasteiger partial charge in [-0.05, 0) is 6.07 Å². The van der Waals surface area contributed by atoms with Crippen LogP contribution in [0.4, 0.5) is 18.0 Å². The standard InChI is InChI=1S/C15H18F3N3O2/c1-19(2)15(23)21-5-3-20(4-6-21)14(22)8-10-7-12(17)13(18)9-11(10)16/h7,9H,3-6,8H2,1-2H3. The van der Waals surface area contributed by atoms with E-state index >= 15 is 0 Å². The van der Waals surface area contributed by atoms with Crippen molar-refractivity contribution in [3.05, 3.63) is 35.1 Å². The van der Waals surface area contributed by atoms with Gasteiger partial charge >= 0.3 is 6.03 Å². The van der Waals surface area contributed by atoms with Crippen LogP contribution in [0.5, 0.6) is 0 Å². The van der Waals surface area contributed by atoms with Crippen molar-refractivity contribution in [2.75, 3.05) is 40.3 Å². The van der Waals surface area contributed by atoms with E-state index in [2.05, 4.69) is 0 Å². The minimum atomic E-state index is -1.28. The second-order valence-electron chi connectivity index (χ2n) is 5.58. The molecule has 1 aromatic rings. The van der Waals surface area contributed by atoms with Gasteiger partial charge in [-0.2, -0.15) is 0 Å². The van der Waals surface area contributed by atoms with E-state index in [1.807, 2.05) is 0 Å². The average Bonchev–Trinajstić information content (AvgIpc) is 2.51. The number of rotatable bonds is 2. The Bertz CT molecular complexity index is 614. The summed E-state index contributed by atoms with van der Waals surface area (Å²) in [6.07, 6.45) is -0.343. The molecule has 0 spiro atoms. The number of hydrogen-bond donors (Lipinski definition) is 0. The molecule has 1 fully saturated rings. The number of benzene rings is 1. The zero-order valence-electron chi connectivity index (χ0n) is 13.0. The third-order valence-electron chi connectivity index (χ3n) is 3.72. The Balaban J connectivity index is 1.96. The normalized spacial score (nSPS) is 14.8. The molecule has 0 bridgehead atoms. The van der Waals surface area contributed by atoms with E-state index in [0.717, 1.165) is 0 Å². The molecule has 0 aromatic heterocycles. The largest absolute Gasteiger partial charge is 0.339 e. The number of hydrogen-bond acceptors (Lipinski definition) is 2. The van der Waals surface area contributed by atoms with E-state index in [0.29, 0.717) is 38.3 Å². The summed E-state index contributed by atoms with van der Waals surface area (Å²) in [5.41, 5.74) is -0.180. The van der Waals surface area contributed by atoms with Crippen molar-refractivity contribution < 1.29 is 22.8 Å². The lowest BCUT2D eigenvalue weighted by molar-refractivity contribution is -0.132. The summed E-state index contributed by atoms with van der Waals surface area (Å²) < 4.78 is 39.6. The van der Waals surface area contributed by atoms with Gasteiger partial charge in [0, 0.05) is 51.9 Å². The molecule has 0 saturated carbocycles. The predicted molar refractivity (Wildman–Crippen MR) is 77.3 cm³/mol. The van der Waals surface area contributed by atoms with Crippen LogP contribution in [0.25, 0.3) is 0 Å². The molecule has 8 heteroatoms. The highest BCUT2D eigenvalue weighted by Gasteiger charge is 2.25. The van der Waals surface area contributed by atoms with E-state index in [1.165, 1.54) is 9.80 Å². The van der Waals surface area contributed by atoms with Crippen molar-refractivity contribution in [3.8, 4) is 0 Å². The first kappa shape index (κ1) is 17.1. The molecule has 5 nitrogen and oxygen atoms in total. The molecule has 126 valence electrons. The Labute approximate surface area is 132 Å². The molecule has 3 amide bonds. The Morgan fingerprint density at radius 3 is 2.04 bits per heavy atom. The van der Waals surface area contributed by atoms with Gasteiger partial charge in [0.15, 0.2) is 11.6 Å². The lowest BCUT2D eigenvalue weighted by Gasteiger charge is -2.36. The first-order valence-corrected chi connectivity index (χ1v) is 7.17. The molecule has 1 aliphatic rings. The van der Waals surface area contributed by atoms with Crippen LogP contribution < -0.4 is 0 Å². The Hall–Kier alpha value is -2.25. The Kier molecular flexibility index (Phi) is 5.12. The summed E-state index contributed by atoms with van der Waals surface area (Å²) >= 11 is 0. The maximum absolute atomic E-state index is 13.6. The summed E-state index contributed by atoms with van der Waals surface area (Å²) in [5.74, 6) is -3.80. The molecule has 0 N–H and O–H groups in total. The second-order valence-corrected chi connectivity index (χ2v) is 5.58. The number of halogens is 3. The molecule has 23 heavy (non-hydrogen) atoms. The minimum absolute atomic E-state index is 0.135. The van der Waals surface area contributed by atoms with Crippen molar-refractivity contribution in [1.29, 1.82) is 0 Å². The molecule has 1 aliphatic heterocycles. The van der Waals surface area contributed by atoms with Crippen LogP contribution in [-0.2, 0) is 11.2 Å². The SMILES string of the molecule is CN(C)C(=O)N1CCN(C(=O)Cc2cc(F)c(F)cc2F)CC1. The summed E-state index contributed by atoms with van der Waals surface area (Å²) in [6, 6.07) is 1.00. The first-order valence-electron chi connectivity index (χ1n) is 7.17. The average molecular weight is 329 g/mol. The fraction of sp³-hybridized carbons (Fsp3) is 0.467. The van der Waals surface area contributed by atoms with Crippen molar-refractivity contribution in [1.82, 2.24) is 14.7 Å². The second kappa shape index (κ2) is 6.89. The molecular weight excluding hydrogens is 311 g/mol. The zero-order chi connectivity index (χ0) is 17.1. The number of carbonyl (C=O) groups excluding carboxylic acids is 2. The van der Waals surface area contributed by atoms with Gasteiger partial charge < -0.3 is 14.7 Å². The third kappa shape index (κ3) is 3.94. The van der Waals surface area contributed by atoms with Gasteiger partial charge in [-0.1, -0.05) is 0 Å². The molecule has 1 saturated heterocycles. The highest BCUT2D eigenvalue weighted by Crippen LogP contribution is 2.16. The van der Waals surface area contributed by atoms with E-state index < -0.39 is 17.5 Å². The van der Waals surface area contributed by atoms with Gasteiger partial charge in [0.25, 0.3) is 0 Å². The van der Waals surface area contributed by atoms with E-state index in [9.17, 15) is 22.8 Å². The van der Waals surface area contributed by atoms with Crippen LogP contribution in [0.15, 0.2) is 12.1 Å². The fourth-order valence-electron chi connectivity index (χ4n) is 2.40. The van der Waals surface area contributed by atoms with E-state index in [4.69, 9.17) is 0 Å². The maximum Gasteiger partial charge on any atom is 0.319 e. The molecule has 1 heterocycles. The van der Waals surface area contributed by atoms with E-state index in [1.54, 1.807) is 19.0 Å². The molecule has 0 atom stereocenters. The predicted octanol–water partition coefficient (Wildman–Crippen LogP) is 1.47. The molecular formula is C15H18F3N3O2. The number of carbonyl (C=O) groups is 2. The Morgan fingerprint density at radius 1 is 0.957 bits per heavy atom. The van der Waals surface area contributed by atoms with Crippen molar-refractivity contribution in [2.24, 2.45) is 0 Å². The molecule has 0 aliphatic carbocycles. The molecule has 2 rings (SSSR count). The quantitative estimate of drug-likeness (QED) is 0.772. The fourth-order valence-corrected chi connectivity index (χ4v) is 2.40. The number of amides is 3.